The molecule has 1 aliphatic rings. The third kappa shape index (κ3) is 5.31. The molecule has 0 aromatic carbocycles. The van der Waals surface area contributed by atoms with E-state index in [1.54, 1.807) is 0 Å². The lowest BCUT2D eigenvalue weighted by molar-refractivity contribution is 0.150. The lowest BCUT2D eigenvalue weighted by Crippen LogP contribution is -2.57. The lowest BCUT2D eigenvalue weighted by atomic mass is 10.1. The van der Waals surface area contributed by atoms with Crippen molar-refractivity contribution in [3.8, 4) is 0 Å². The Balaban J connectivity index is 1.88. The van der Waals surface area contributed by atoms with Crippen molar-refractivity contribution in [1.82, 2.24) is 10.2 Å². The fourth-order valence-corrected chi connectivity index (χ4v) is 2.40. The van der Waals surface area contributed by atoms with Crippen molar-refractivity contribution in [3.63, 3.8) is 0 Å². The molecule has 0 atom stereocenters. The summed E-state index contributed by atoms with van der Waals surface area (Å²) in [4.78, 5) is 2.64. The molecule has 0 unspecified atom stereocenters. The zero-order valence-corrected chi connectivity index (χ0v) is 11.3. The summed E-state index contributed by atoms with van der Waals surface area (Å²) in [7, 11) is 0. The van der Waals surface area contributed by atoms with E-state index in [0.29, 0.717) is 0 Å². The summed E-state index contributed by atoms with van der Waals surface area (Å²) in [5.74, 6) is 0. The van der Waals surface area contributed by atoms with Gasteiger partial charge in [0, 0.05) is 19.1 Å². The van der Waals surface area contributed by atoms with Crippen molar-refractivity contribution in [2.45, 2.75) is 64.8 Å². The average Bonchev–Trinajstić information content (AvgIpc) is 2.23. The second kappa shape index (κ2) is 9.00. The number of likely N-dealkylation sites (N-methyl/N-ethyl adjacent to an activating group) is 1. The van der Waals surface area contributed by atoms with Gasteiger partial charge >= 0.3 is 0 Å². The van der Waals surface area contributed by atoms with Crippen LogP contribution in [0.1, 0.15) is 58.8 Å². The molecule has 1 fully saturated rings. The first-order valence-corrected chi connectivity index (χ1v) is 7.33. The first-order chi connectivity index (χ1) is 7.88. The highest BCUT2D eigenvalue weighted by molar-refractivity contribution is 4.83. The van der Waals surface area contributed by atoms with Gasteiger partial charge < -0.3 is 5.32 Å². The summed E-state index contributed by atoms with van der Waals surface area (Å²) < 4.78 is 0. The van der Waals surface area contributed by atoms with E-state index in [4.69, 9.17) is 0 Å². The van der Waals surface area contributed by atoms with Crippen LogP contribution in [0.2, 0.25) is 0 Å². The minimum absolute atomic E-state index is 0.838. The number of nitrogens with one attached hydrogen (secondary N) is 1. The number of hydrogen-bond donors (Lipinski definition) is 1. The van der Waals surface area contributed by atoms with Gasteiger partial charge in [-0.3, -0.25) is 4.90 Å². The fraction of sp³-hybridized carbons (Fsp3) is 1.00. The monoisotopic (exact) mass is 226 g/mol. The fourth-order valence-electron chi connectivity index (χ4n) is 2.40. The minimum atomic E-state index is 0.838. The van der Waals surface area contributed by atoms with Crippen LogP contribution in [0.3, 0.4) is 0 Å². The van der Waals surface area contributed by atoms with Crippen LogP contribution in [0.5, 0.6) is 0 Å². The molecule has 1 heterocycles. The molecule has 0 saturated carbocycles. The molecule has 0 aromatic heterocycles. The van der Waals surface area contributed by atoms with Gasteiger partial charge in [-0.25, -0.2) is 0 Å². The Bertz CT molecular complexity index is 155. The molecule has 0 spiro atoms. The van der Waals surface area contributed by atoms with Gasteiger partial charge in [-0.15, -0.1) is 0 Å². The minimum Gasteiger partial charge on any atom is -0.314 e. The van der Waals surface area contributed by atoms with Crippen LogP contribution >= 0.6 is 0 Å². The maximum atomic E-state index is 3.36. The number of rotatable bonds is 10. The van der Waals surface area contributed by atoms with Crippen LogP contribution in [0, 0.1) is 0 Å². The quantitative estimate of drug-likeness (QED) is 0.576. The molecule has 16 heavy (non-hydrogen) atoms. The number of unbranched alkanes of at least 4 members (excludes halogenated alkanes) is 6. The first kappa shape index (κ1) is 14.0. The second-order valence-electron chi connectivity index (χ2n) is 5.06. The van der Waals surface area contributed by atoms with Crippen LogP contribution in [0.4, 0.5) is 0 Å². The van der Waals surface area contributed by atoms with Crippen molar-refractivity contribution in [1.29, 1.82) is 0 Å². The molecule has 0 aliphatic carbocycles. The van der Waals surface area contributed by atoms with Crippen molar-refractivity contribution in [3.05, 3.63) is 0 Å². The van der Waals surface area contributed by atoms with Gasteiger partial charge in [-0.1, -0.05) is 52.4 Å². The second-order valence-corrected chi connectivity index (χ2v) is 5.06. The Kier molecular flexibility index (Phi) is 7.87. The van der Waals surface area contributed by atoms with E-state index in [-0.39, 0.29) is 0 Å². The van der Waals surface area contributed by atoms with Crippen LogP contribution in [0.15, 0.2) is 0 Å². The van der Waals surface area contributed by atoms with Crippen molar-refractivity contribution >= 4 is 0 Å². The molecule has 2 heteroatoms. The highest BCUT2D eigenvalue weighted by Gasteiger charge is 2.22. The average molecular weight is 226 g/mol. The van der Waals surface area contributed by atoms with E-state index in [0.717, 1.165) is 6.04 Å². The molecule has 1 aliphatic heterocycles. The van der Waals surface area contributed by atoms with Crippen LogP contribution in [0.25, 0.3) is 0 Å². The van der Waals surface area contributed by atoms with Crippen molar-refractivity contribution in [2.24, 2.45) is 0 Å². The molecule has 2 nitrogen and oxygen atoms in total. The third-order valence-electron chi connectivity index (χ3n) is 3.73. The van der Waals surface area contributed by atoms with Crippen LogP contribution < -0.4 is 5.32 Å². The first-order valence-electron chi connectivity index (χ1n) is 7.33. The molecule has 96 valence electrons. The van der Waals surface area contributed by atoms with E-state index in [2.05, 4.69) is 24.1 Å². The van der Waals surface area contributed by atoms with Gasteiger partial charge in [0.2, 0.25) is 0 Å². The van der Waals surface area contributed by atoms with E-state index in [1.165, 1.54) is 71.1 Å². The molecular weight excluding hydrogens is 196 g/mol. The SMILES string of the molecule is CCCCCCCCCN(CC)C1CNC1. The molecule has 0 amide bonds. The van der Waals surface area contributed by atoms with E-state index in [9.17, 15) is 0 Å². The van der Waals surface area contributed by atoms with Gasteiger partial charge in [0.15, 0.2) is 0 Å². The smallest absolute Gasteiger partial charge is 0.0345 e. The highest BCUT2D eigenvalue weighted by Crippen LogP contribution is 2.10. The predicted octanol–water partition coefficient (Wildman–Crippen LogP) is 3.03. The molecule has 1 rings (SSSR count). The van der Waals surface area contributed by atoms with E-state index >= 15 is 0 Å². The zero-order chi connectivity index (χ0) is 11.6. The molecule has 1 saturated heterocycles. The predicted molar refractivity (Wildman–Crippen MR) is 71.9 cm³/mol. The largest absolute Gasteiger partial charge is 0.314 e. The van der Waals surface area contributed by atoms with E-state index in [1.807, 2.05) is 0 Å². The highest BCUT2D eigenvalue weighted by atomic mass is 15.2. The third-order valence-corrected chi connectivity index (χ3v) is 3.73. The van der Waals surface area contributed by atoms with Gasteiger partial charge in [-0.2, -0.15) is 0 Å². The van der Waals surface area contributed by atoms with Crippen molar-refractivity contribution in [2.75, 3.05) is 26.2 Å². The normalized spacial score (nSPS) is 16.7. The number of nitrogens with zero attached hydrogens (tertiary/aromatic N) is 1. The van der Waals surface area contributed by atoms with Gasteiger partial charge in [0.1, 0.15) is 0 Å². The Labute approximate surface area is 102 Å². The zero-order valence-electron chi connectivity index (χ0n) is 11.3. The summed E-state index contributed by atoms with van der Waals surface area (Å²) in [5, 5.41) is 3.36. The Hall–Kier alpha value is -0.0800. The van der Waals surface area contributed by atoms with Crippen LogP contribution in [-0.2, 0) is 0 Å². The Morgan fingerprint density at radius 1 is 0.938 bits per heavy atom. The number of hydrogen-bond acceptors (Lipinski definition) is 2. The topological polar surface area (TPSA) is 15.3 Å². The summed E-state index contributed by atoms with van der Waals surface area (Å²) in [6.07, 6.45) is 9.95. The maximum Gasteiger partial charge on any atom is 0.0345 e. The molecule has 0 aromatic rings. The van der Waals surface area contributed by atoms with E-state index < -0.39 is 0 Å². The molecule has 1 N–H and O–H groups in total. The Morgan fingerprint density at radius 2 is 1.56 bits per heavy atom. The standard InChI is InChI=1S/C14H30N2/c1-3-5-6-7-8-9-10-11-16(4-2)14-12-15-13-14/h14-15H,3-13H2,1-2H3. The summed E-state index contributed by atoms with van der Waals surface area (Å²) in [6, 6.07) is 0.838. The van der Waals surface area contributed by atoms with Gasteiger partial charge in [0.05, 0.1) is 0 Å². The maximum absolute atomic E-state index is 3.36. The van der Waals surface area contributed by atoms with Crippen molar-refractivity contribution < 1.29 is 0 Å². The summed E-state index contributed by atoms with van der Waals surface area (Å²) >= 11 is 0. The molecule has 0 radical (unpaired) electrons. The summed E-state index contributed by atoms with van der Waals surface area (Å²) in [6.45, 7) is 9.54. The van der Waals surface area contributed by atoms with Crippen LogP contribution in [-0.4, -0.2) is 37.1 Å². The molecule has 0 bridgehead atoms. The van der Waals surface area contributed by atoms with Gasteiger partial charge in [-0.05, 0) is 19.5 Å². The molecular formula is C14H30N2. The summed E-state index contributed by atoms with van der Waals surface area (Å²) in [5.41, 5.74) is 0. The Morgan fingerprint density at radius 3 is 2.06 bits per heavy atom. The lowest BCUT2D eigenvalue weighted by Gasteiger charge is -2.37. The van der Waals surface area contributed by atoms with Gasteiger partial charge in [0.25, 0.3) is 0 Å².